The van der Waals surface area contributed by atoms with Gasteiger partial charge in [0.05, 0.1) is 12.2 Å². The van der Waals surface area contributed by atoms with Crippen molar-refractivity contribution in [1.29, 1.82) is 0 Å². The molecule has 0 atom stereocenters. The van der Waals surface area contributed by atoms with Crippen LogP contribution in [0.5, 0.6) is 11.5 Å². The molecule has 0 bridgehead atoms. The van der Waals surface area contributed by atoms with Gasteiger partial charge in [-0.1, -0.05) is 18.2 Å². The Morgan fingerprint density at radius 1 is 1.07 bits per heavy atom. The Kier molecular flexibility index (Phi) is 8.04. The number of rotatable bonds is 9. The molecule has 0 unspecified atom stereocenters. The van der Waals surface area contributed by atoms with Crippen molar-refractivity contribution in [2.45, 2.75) is 26.2 Å². The minimum atomic E-state index is -1.33. The summed E-state index contributed by atoms with van der Waals surface area (Å²) < 4.78 is 62.6. The van der Waals surface area contributed by atoms with Crippen LogP contribution in [0.4, 0.5) is 17.6 Å². The number of alkyl halides is 1. The van der Waals surface area contributed by atoms with Gasteiger partial charge in [0.2, 0.25) is 5.82 Å². The summed E-state index contributed by atoms with van der Waals surface area (Å²) in [4.78, 5) is 12.1. The van der Waals surface area contributed by atoms with Crippen molar-refractivity contribution in [3.05, 3.63) is 71.1 Å². The summed E-state index contributed by atoms with van der Waals surface area (Å²) in [6.07, 6.45) is 2.88. The number of hydrogen-bond donors (Lipinski definition) is 0. The molecule has 0 aromatic heterocycles. The zero-order valence-electron chi connectivity index (χ0n) is 15.3. The van der Waals surface area contributed by atoms with E-state index in [1.165, 1.54) is 24.3 Å². The Morgan fingerprint density at radius 2 is 1.79 bits per heavy atom. The molecule has 0 amide bonds. The zero-order valence-corrected chi connectivity index (χ0v) is 15.3. The highest BCUT2D eigenvalue weighted by Gasteiger charge is 2.21. The van der Waals surface area contributed by atoms with Gasteiger partial charge in [-0.05, 0) is 56.0 Å². The molecule has 0 saturated heterocycles. The molecule has 0 N–H and O–H groups in total. The summed E-state index contributed by atoms with van der Waals surface area (Å²) in [6, 6.07) is 8.72. The summed E-state index contributed by atoms with van der Waals surface area (Å²) >= 11 is 0. The Bertz CT molecular complexity index is 832. The number of ether oxygens (including phenoxy) is 2. The first-order chi connectivity index (χ1) is 13.5. The number of halogens is 4. The molecule has 150 valence electrons. The molecule has 0 fully saturated rings. The second kappa shape index (κ2) is 10.5. The van der Waals surface area contributed by atoms with E-state index in [1.54, 1.807) is 19.1 Å². The second-order valence-corrected chi connectivity index (χ2v) is 5.88. The average Bonchev–Trinajstić information content (AvgIpc) is 2.70. The van der Waals surface area contributed by atoms with E-state index in [2.05, 4.69) is 0 Å². The van der Waals surface area contributed by atoms with Crippen LogP contribution in [0.15, 0.2) is 48.3 Å². The molecule has 0 radical (unpaired) electrons. The van der Waals surface area contributed by atoms with E-state index >= 15 is 0 Å². The fourth-order valence-corrected chi connectivity index (χ4v) is 2.46. The van der Waals surface area contributed by atoms with Crippen LogP contribution in [0.2, 0.25) is 0 Å². The number of benzene rings is 2. The van der Waals surface area contributed by atoms with Gasteiger partial charge in [0, 0.05) is 0 Å². The Balaban J connectivity index is 1.96. The lowest BCUT2D eigenvalue weighted by Gasteiger charge is -2.09. The molecular formula is C21H20F4O3. The van der Waals surface area contributed by atoms with Crippen molar-refractivity contribution < 1.29 is 31.8 Å². The molecular weight excluding hydrogens is 376 g/mol. The van der Waals surface area contributed by atoms with Crippen molar-refractivity contribution in [3.63, 3.8) is 0 Å². The monoisotopic (exact) mass is 396 g/mol. The van der Waals surface area contributed by atoms with Gasteiger partial charge in [0.25, 0.3) is 0 Å². The average molecular weight is 396 g/mol. The van der Waals surface area contributed by atoms with Gasteiger partial charge in [-0.3, -0.25) is 0 Å². The topological polar surface area (TPSA) is 35.5 Å². The molecule has 0 heterocycles. The summed E-state index contributed by atoms with van der Waals surface area (Å²) in [5, 5.41) is 0. The number of aryl methyl sites for hydroxylation is 1. The van der Waals surface area contributed by atoms with E-state index in [0.717, 1.165) is 11.6 Å². The Labute approximate surface area is 160 Å². The standard InChI is InChI=1S/C21H20F4O3/c1-2-27-18-12-11-17(19(24)20(18)25)21(26)28-16-9-7-14(8-10-16)5-3-4-6-15(23)13-22/h6-12H,2-5,13H2,1H3. The van der Waals surface area contributed by atoms with Gasteiger partial charge in [-0.25, -0.2) is 18.0 Å². The molecule has 2 rings (SSSR count). The number of unbranched alkanes of at least 4 members (excludes halogenated alkanes) is 1. The predicted octanol–water partition coefficient (Wildman–Crippen LogP) is 5.73. The summed E-state index contributed by atoms with van der Waals surface area (Å²) in [7, 11) is 0. The Hall–Kier alpha value is -2.83. The lowest BCUT2D eigenvalue weighted by atomic mass is 10.1. The van der Waals surface area contributed by atoms with E-state index in [-0.39, 0.29) is 18.1 Å². The van der Waals surface area contributed by atoms with Crippen molar-refractivity contribution in [2.24, 2.45) is 0 Å². The molecule has 3 nitrogen and oxygen atoms in total. The zero-order chi connectivity index (χ0) is 20.5. The molecule has 0 saturated carbocycles. The quantitative estimate of drug-likeness (QED) is 0.235. The molecule has 0 aliphatic heterocycles. The third-order valence-corrected chi connectivity index (χ3v) is 3.86. The number of carbonyl (C=O) groups is 1. The molecule has 0 aliphatic carbocycles. The van der Waals surface area contributed by atoms with E-state index < -0.39 is 35.7 Å². The number of esters is 1. The van der Waals surface area contributed by atoms with E-state index in [1.807, 2.05) is 0 Å². The van der Waals surface area contributed by atoms with Crippen LogP contribution in [-0.4, -0.2) is 19.3 Å². The molecule has 2 aromatic carbocycles. The fourth-order valence-electron chi connectivity index (χ4n) is 2.46. The van der Waals surface area contributed by atoms with Crippen LogP contribution < -0.4 is 9.47 Å². The smallest absolute Gasteiger partial charge is 0.346 e. The van der Waals surface area contributed by atoms with Crippen LogP contribution in [-0.2, 0) is 6.42 Å². The van der Waals surface area contributed by atoms with Crippen LogP contribution in [0.25, 0.3) is 0 Å². The number of carbonyl (C=O) groups excluding carboxylic acids is 1. The summed E-state index contributed by atoms with van der Waals surface area (Å²) in [6.45, 7) is 0.689. The van der Waals surface area contributed by atoms with Crippen LogP contribution in [0.3, 0.4) is 0 Å². The van der Waals surface area contributed by atoms with Crippen molar-refractivity contribution >= 4 is 5.97 Å². The largest absolute Gasteiger partial charge is 0.491 e. The first-order valence-corrected chi connectivity index (χ1v) is 8.78. The molecule has 2 aromatic rings. The predicted molar refractivity (Wildman–Crippen MR) is 97.0 cm³/mol. The van der Waals surface area contributed by atoms with Gasteiger partial charge in [0.15, 0.2) is 11.6 Å². The molecule has 28 heavy (non-hydrogen) atoms. The summed E-state index contributed by atoms with van der Waals surface area (Å²) in [5.41, 5.74) is 0.374. The highest BCUT2D eigenvalue weighted by molar-refractivity contribution is 5.91. The van der Waals surface area contributed by atoms with Gasteiger partial charge >= 0.3 is 5.97 Å². The van der Waals surface area contributed by atoms with Crippen molar-refractivity contribution in [2.75, 3.05) is 13.3 Å². The van der Waals surface area contributed by atoms with Gasteiger partial charge in [-0.15, -0.1) is 0 Å². The maximum Gasteiger partial charge on any atom is 0.346 e. The maximum atomic E-state index is 14.0. The van der Waals surface area contributed by atoms with E-state index in [9.17, 15) is 22.4 Å². The minimum absolute atomic E-state index is 0.160. The SMILES string of the molecule is CCOc1ccc(C(=O)Oc2ccc(CCCC=C(F)CF)cc2)c(F)c1F. The first kappa shape index (κ1) is 21.5. The summed E-state index contributed by atoms with van der Waals surface area (Å²) in [5.74, 6) is -4.49. The minimum Gasteiger partial charge on any atom is -0.491 e. The third-order valence-electron chi connectivity index (χ3n) is 3.86. The van der Waals surface area contributed by atoms with E-state index in [0.29, 0.717) is 19.3 Å². The molecule has 0 spiro atoms. The lowest BCUT2D eigenvalue weighted by Crippen LogP contribution is -2.12. The van der Waals surface area contributed by atoms with Crippen LogP contribution in [0, 0.1) is 11.6 Å². The maximum absolute atomic E-state index is 14.0. The van der Waals surface area contributed by atoms with Gasteiger partial charge < -0.3 is 9.47 Å². The van der Waals surface area contributed by atoms with Crippen molar-refractivity contribution in [1.82, 2.24) is 0 Å². The normalized spacial score (nSPS) is 11.4. The van der Waals surface area contributed by atoms with Crippen LogP contribution in [0.1, 0.15) is 35.7 Å². The third kappa shape index (κ3) is 5.84. The number of hydrogen-bond acceptors (Lipinski definition) is 3. The van der Waals surface area contributed by atoms with Gasteiger partial charge in [-0.2, -0.15) is 4.39 Å². The fraction of sp³-hybridized carbons (Fsp3) is 0.286. The molecule has 7 heteroatoms. The highest BCUT2D eigenvalue weighted by atomic mass is 19.2. The van der Waals surface area contributed by atoms with Gasteiger partial charge in [0.1, 0.15) is 18.3 Å². The first-order valence-electron chi connectivity index (χ1n) is 8.78. The van der Waals surface area contributed by atoms with Crippen LogP contribution >= 0.6 is 0 Å². The van der Waals surface area contributed by atoms with Crippen molar-refractivity contribution in [3.8, 4) is 11.5 Å². The lowest BCUT2D eigenvalue weighted by molar-refractivity contribution is 0.0728. The Morgan fingerprint density at radius 3 is 2.43 bits per heavy atom. The number of allylic oxidation sites excluding steroid dienone is 2. The highest BCUT2D eigenvalue weighted by Crippen LogP contribution is 2.24. The van der Waals surface area contributed by atoms with E-state index in [4.69, 9.17) is 9.47 Å². The molecule has 0 aliphatic rings. The second-order valence-electron chi connectivity index (χ2n) is 5.88.